The van der Waals surface area contributed by atoms with Gasteiger partial charge in [0.1, 0.15) is 5.75 Å². The predicted molar refractivity (Wildman–Crippen MR) is 101 cm³/mol. The Morgan fingerprint density at radius 1 is 1.00 bits per heavy atom. The van der Waals surface area contributed by atoms with Gasteiger partial charge < -0.3 is 21.6 Å². The molecule has 0 aliphatic carbocycles. The van der Waals surface area contributed by atoms with Crippen molar-refractivity contribution >= 4 is 45.0 Å². The second kappa shape index (κ2) is 5.43. The molecule has 0 atom stereocenters. The molecule has 1 amide bonds. The van der Waals surface area contributed by atoms with Gasteiger partial charge in [0.25, 0.3) is 5.91 Å². The summed E-state index contributed by atoms with van der Waals surface area (Å²) in [6.45, 7) is 0. The number of anilines is 1. The smallest absolute Gasteiger partial charge is 0.250 e. The zero-order valence-corrected chi connectivity index (χ0v) is 13.8. The molecule has 0 saturated carbocycles. The van der Waals surface area contributed by atoms with Crippen LogP contribution in [0.1, 0.15) is 10.4 Å². The number of nitrogens with one attached hydrogen (secondary N) is 1. The third-order valence-electron chi connectivity index (χ3n) is 4.28. The third-order valence-corrected chi connectivity index (χ3v) is 4.58. The van der Waals surface area contributed by atoms with Crippen molar-refractivity contribution in [2.75, 3.05) is 5.73 Å². The summed E-state index contributed by atoms with van der Waals surface area (Å²) in [4.78, 5) is 15.2. The highest BCUT2D eigenvalue weighted by Gasteiger charge is 2.15. The molecule has 0 aliphatic heterocycles. The van der Waals surface area contributed by atoms with E-state index in [0.717, 1.165) is 27.4 Å². The van der Waals surface area contributed by atoms with E-state index in [9.17, 15) is 9.90 Å². The highest BCUT2D eigenvalue weighted by Crippen LogP contribution is 2.35. The minimum Gasteiger partial charge on any atom is -0.506 e. The number of nitrogen functional groups attached to an aromatic ring is 1. The molecule has 0 radical (unpaired) electrons. The number of phenolic OH excluding ortho intramolecular Hbond substituents is 1. The number of aromatic nitrogens is 1. The van der Waals surface area contributed by atoms with Crippen LogP contribution in [0.25, 0.3) is 32.9 Å². The van der Waals surface area contributed by atoms with Crippen LogP contribution in [0.5, 0.6) is 5.75 Å². The molecule has 4 aromatic rings. The maximum Gasteiger partial charge on any atom is 0.250 e. The second-order valence-electron chi connectivity index (χ2n) is 5.91. The van der Waals surface area contributed by atoms with Crippen molar-refractivity contribution in [1.29, 1.82) is 0 Å². The lowest BCUT2D eigenvalue weighted by Crippen LogP contribution is -2.11. The number of aromatic hydroxyl groups is 1. The van der Waals surface area contributed by atoms with Gasteiger partial charge in [-0.15, -0.1) is 0 Å². The Bertz CT molecular complexity index is 1160. The molecule has 0 fully saturated rings. The lowest BCUT2D eigenvalue weighted by molar-refractivity contribution is 0.100. The van der Waals surface area contributed by atoms with E-state index >= 15 is 0 Å². The number of amides is 1. The van der Waals surface area contributed by atoms with Gasteiger partial charge in [-0.05, 0) is 47.5 Å². The van der Waals surface area contributed by atoms with Crippen LogP contribution in [-0.2, 0) is 0 Å². The molecule has 1 aromatic heterocycles. The van der Waals surface area contributed by atoms with E-state index in [2.05, 4.69) is 4.98 Å². The molecular weight excluding hydrogens is 338 g/mol. The number of rotatable bonds is 2. The number of carbonyl (C=O) groups is 1. The van der Waals surface area contributed by atoms with Gasteiger partial charge in [-0.3, -0.25) is 4.79 Å². The fourth-order valence-electron chi connectivity index (χ4n) is 3.07. The highest BCUT2D eigenvalue weighted by molar-refractivity contribution is 6.32. The van der Waals surface area contributed by atoms with Crippen LogP contribution in [-0.4, -0.2) is 16.0 Å². The number of H-pyrrole nitrogens is 1. The van der Waals surface area contributed by atoms with Gasteiger partial charge in [0.05, 0.1) is 16.1 Å². The minimum atomic E-state index is -0.531. The summed E-state index contributed by atoms with van der Waals surface area (Å²) < 4.78 is 0. The van der Waals surface area contributed by atoms with Crippen LogP contribution in [0, 0.1) is 0 Å². The molecule has 5 nitrogen and oxygen atoms in total. The first-order valence-corrected chi connectivity index (χ1v) is 7.95. The maximum absolute atomic E-state index is 12.0. The number of hydrogen-bond acceptors (Lipinski definition) is 3. The Hall–Kier alpha value is -3.18. The molecular formula is C19H14ClN3O2. The predicted octanol–water partition coefficient (Wildman–Crippen LogP) is 4.03. The van der Waals surface area contributed by atoms with Crippen molar-refractivity contribution in [3.63, 3.8) is 0 Å². The van der Waals surface area contributed by atoms with Gasteiger partial charge >= 0.3 is 0 Å². The first kappa shape index (κ1) is 15.4. The van der Waals surface area contributed by atoms with Crippen molar-refractivity contribution in [2.24, 2.45) is 5.73 Å². The lowest BCUT2D eigenvalue weighted by Gasteiger charge is -2.07. The van der Waals surface area contributed by atoms with Crippen LogP contribution in [0.15, 0.2) is 48.5 Å². The summed E-state index contributed by atoms with van der Waals surface area (Å²) in [5, 5.41) is 11.7. The van der Waals surface area contributed by atoms with E-state index < -0.39 is 5.91 Å². The van der Waals surface area contributed by atoms with Crippen LogP contribution >= 0.6 is 11.6 Å². The zero-order chi connectivity index (χ0) is 17.7. The van der Waals surface area contributed by atoms with E-state index in [0.29, 0.717) is 16.8 Å². The number of carbonyl (C=O) groups excluding carboxylic acids is 1. The Morgan fingerprint density at radius 2 is 1.80 bits per heavy atom. The molecule has 0 spiro atoms. The van der Waals surface area contributed by atoms with E-state index in [1.165, 1.54) is 6.07 Å². The standard InChI is InChI=1S/C19H14ClN3O2/c20-15-7-9(1-4-17(15)24)10-5-13-12-3-2-11(21)8-16(12)23-18(13)14(6-10)19(22)25/h1-8,23-24H,21H2,(H2,22,25). The Balaban J connectivity index is 2.07. The first-order chi connectivity index (χ1) is 11.9. The van der Waals surface area contributed by atoms with Crippen LogP contribution in [0.3, 0.4) is 0 Å². The normalized spacial score (nSPS) is 11.2. The third kappa shape index (κ3) is 2.45. The molecule has 6 N–H and O–H groups in total. The first-order valence-electron chi connectivity index (χ1n) is 7.57. The van der Waals surface area contributed by atoms with Gasteiger partial charge in [-0.1, -0.05) is 23.7 Å². The molecule has 25 heavy (non-hydrogen) atoms. The average Bonchev–Trinajstić information content (AvgIpc) is 2.93. The average molecular weight is 352 g/mol. The van der Waals surface area contributed by atoms with Crippen molar-refractivity contribution < 1.29 is 9.90 Å². The lowest BCUT2D eigenvalue weighted by atomic mass is 9.98. The summed E-state index contributed by atoms with van der Waals surface area (Å²) in [6, 6.07) is 14.1. The van der Waals surface area contributed by atoms with E-state index in [-0.39, 0.29) is 10.8 Å². The number of hydrogen-bond donors (Lipinski definition) is 4. The molecule has 124 valence electrons. The topological polar surface area (TPSA) is 105 Å². The van der Waals surface area contributed by atoms with Crippen LogP contribution in [0.2, 0.25) is 5.02 Å². The summed E-state index contributed by atoms with van der Waals surface area (Å²) >= 11 is 6.01. The Kier molecular flexibility index (Phi) is 3.33. The van der Waals surface area contributed by atoms with Crippen molar-refractivity contribution in [3.05, 3.63) is 59.1 Å². The Labute approximate surface area is 147 Å². The number of nitrogens with two attached hydrogens (primary N) is 2. The highest BCUT2D eigenvalue weighted by atomic mass is 35.5. The summed E-state index contributed by atoms with van der Waals surface area (Å²) in [6.07, 6.45) is 0. The molecule has 6 heteroatoms. The monoisotopic (exact) mass is 351 g/mol. The summed E-state index contributed by atoms with van der Waals surface area (Å²) in [7, 11) is 0. The number of fused-ring (bicyclic) bond motifs is 3. The maximum atomic E-state index is 12.0. The number of primary amides is 1. The second-order valence-corrected chi connectivity index (χ2v) is 6.31. The fourth-order valence-corrected chi connectivity index (χ4v) is 3.25. The molecule has 1 heterocycles. The molecule has 0 unspecified atom stereocenters. The zero-order valence-electron chi connectivity index (χ0n) is 13.0. The number of benzene rings is 3. The van der Waals surface area contributed by atoms with Gasteiger partial charge in [0.15, 0.2) is 0 Å². The van der Waals surface area contributed by atoms with Gasteiger partial charge in [0, 0.05) is 22.0 Å². The minimum absolute atomic E-state index is 0.00388. The quantitative estimate of drug-likeness (QED) is 0.410. The van der Waals surface area contributed by atoms with Crippen molar-refractivity contribution in [3.8, 4) is 16.9 Å². The molecule has 4 rings (SSSR count). The Morgan fingerprint density at radius 3 is 2.52 bits per heavy atom. The van der Waals surface area contributed by atoms with Crippen LogP contribution < -0.4 is 11.5 Å². The molecule has 0 saturated heterocycles. The van der Waals surface area contributed by atoms with E-state index in [1.807, 2.05) is 24.3 Å². The van der Waals surface area contributed by atoms with Gasteiger partial charge in [-0.2, -0.15) is 0 Å². The van der Waals surface area contributed by atoms with Gasteiger partial charge in [0.2, 0.25) is 0 Å². The van der Waals surface area contributed by atoms with Crippen molar-refractivity contribution in [1.82, 2.24) is 4.98 Å². The van der Waals surface area contributed by atoms with Crippen molar-refractivity contribution in [2.45, 2.75) is 0 Å². The van der Waals surface area contributed by atoms with E-state index in [1.54, 1.807) is 18.2 Å². The number of aromatic amines is 1. The fraction of sp³-hybridized carbons (Fsp3) is 0. The molecule has 0 aliphatic rings. The summed E-state index contributed by atoms with van der Waals surface area (Å²) in [5.74, 6) is -0.527. The van der Waals surface area contributed by atoms with E-state index in [4.69, 9.17) is 23.1 Å². The SMILES string of the molecule is NC(=O)c1cc(-c2ccc(O)c(Cl)c2)cc2c1[nH]c1cc(N)ccc12. The largest absolute Gasteiger partial charge is 0.506 e. The van der Waals surface area contributed by atoms with Crippen LogP contribution in [0.4, 0.5) is 5.69 Å². The molecule has 3 aromatic carbocycles. The molecule has 0 bridgehead atoms. The summed E-state index contributed by atoms with van der Waals surface area (Å²) in [5.41, 5.74) is 15.5. The van der Waals surface area contributed by atoms with Gasteiger partial charge in [-0.25, -0.2) is 0 Å². The number of phenols is 1. The number of halogens is 1.